The molecule has 0 amide bonds. The van der Waals surface area contributed by atoms with E-state index in [2.05, 4.69) is 42.2 Å². The molecule has 0 aliphatic heterocycles. The van der Waals surface area contributed by atoms with Crippen LogP contribution in [0.25, 0.3) is 11.3 Å². The van der Waals surface area contributed by atoms with Gasteiger partial charge in [-0.15, -0.1) is 0 Å². The molecule has 0 saturated carbocycles. The number of nitrogens with one attached hydrogen (secondary N) is 1. The molecule has 1 heterocycles. The van der Waals surface area contributed by atoms with E-state index < -0.39 is 0 Å². The molecule has 0 fully saturated rings. The van der Waals surface area contributed by atoms with E-state index >= 15 is 0 Å². The van der Waals surface area contributed by atoms with Crippen molar-refractivity contribution in [3.63, 3.8) is 0 Å². The van der Waals surface area contributed by atoms with Crippen LogP contribution in [0.3, 0.4) is 0 Å². The molecule has 15 heavy (non-hydrogen) atoms. The van der Waals surface area contributed by atoms with Gasteiger partial charge >= 0.3 is 0 Å². The zero-order chi connectivity index (χ0) is 10.8. The van der Waals surface area contributed by atoms with E-state index in [4.69, 9.17) is 12.2 Å². The van der Waals surface area contributed by atoms with Gasteiger partial charge < -0.3 is 0 Å². The van der Waals surface area contributed by atoms with Crippen LogP contribution >= 0.6 is 12.2 Å². The summed E-state index contributed by atoms with van der Waals surface area (Å²) in [5.74, 6) is 0. The topological polar surface area (TPSA) is 28.7 Å². The molecule has 3 heteroatoms. The molecule has 1 aromatic carbocycles. The SMILES string of the molecule is Cc1cc(C)cc(-c2ccc(=S)[nH]n2)c1. The Labute approximate surface area is 94.0 Å². The number of aromatic amines is 1. The maximum absolute atomic E-state index is 4.96. The molecule has 76 valence electrons. The van der Waals surface area contributed by atoms with Crippen molar-refractivity contribution in [3.8, 4) is 11.3 Å². The molecule has 0 saturated heterocycles. The van der Waals surface area contributed by atoms with Crippen LogP contribution in [0.2, 0.25) is 0 Å². The van der Waals surface area contributed by atoms with Crippen LogP contribution in [0.1, 0.15) is 11.1 Å². The Morgan fingerprint density at radius 2 is 1.73 bits per heavy atom. The largest absolute Gasteiger partial charge is 0.267 e. The van der Waals surface area contributed by atoms with Gasteiger partial charge in [0.05, 0.1) is 5.69 Å². The number of nitrogens with zero attached hydrogens (tertiary/aromatic N) is 1. The van der Waals surface area contributed by atoms with E-state index in [1.54, 1.807) is 0 Å². The summed E-state index contributed by atoms with van der Waals surface area (Å²) in [5, 5.41) is 7.00. The van der Waals surface area contributed by atoms with Crippen LogP contribution < -0.4 is 0 Å². The molecule has 2 rings (SSSR count). The third-order valence-corrected chi connectivity index (χ3v) is 2.42. The Morgan fingerprint density at radius 1 is 1.07 bits per heavy atom. The second-order valence-corrected chi connectivity index (χ2v) is 4.12. The van der Waals surface area contributed by atoms with Crippen molar-refractivity contribution in [1.29, 1.82) is 0 Å². The van der Waals surface area contributed by atoms with Gasteiger partial charge in [0.15, 0.2) is 0 Å². The highest BCUT2D eigenvalue weighted by atomic mass is 32.1. The minimum Gasteiger partial charge on any atom is -0.267 e. The van der Waals surface area contributed by atoms with Crippen LogP contribution in [0.15, 0.2) is 30.3 Å². The second-order valence-electron chi connectivity index (χ2n) is 3.68. The first-order chi connectivity index (χ1) is 7.15. The quantitative estimate of drug-likeness (QED) is 0.740. The molecule has 0 bridgehead atoms. The maximum atomic E-state index is 4.96. The molecule has 1 aromatic heterocycles. The van der Waals surface area contributed by atoms with Crippen molar-refractivity contribution in [2.75, 3.05) is 0 Å². The van der Waals surface area contributed by atoms with Gasteiger partial charge in [-0.1, -0.05) is 29.4 Å². The number of aryl methyl sites for hydroxylation is 2. The standard InChI is InChI=1S/C12H12N2S/c1-8-5-9(2)7-10(6-8)11-3-4-12(15)14-13-11/h3-7H,1-2H3,(H,14,15). The lowest BCUT2D eigenvalue weighted by molar-refractivity contribution is 1.02. The van der Waals surface area contributed by atoms with E-state index in [1.807, 2.05) is 12.1 Å². The number of rotatable bonds is 1. The fraction of sp³-hybridized carbons (Fsp3) is 0.167. The predicted octanol–water partition coefficient (Wildman–Crippen LogP) is 3.42. The molecule has 2 aromatic rings. The van der Waals surface area contributed by atoms with Gasteiger partial charge in [0.2, 0.25) is 0 Å². The highest BCUT2D eigenvalue weighted by Gasteiger charge is 2.00. The van der Waals surface area contributed by atoms with E-state index in [1.165, 1.54) is 11.1 Å². The molecular formula is C12H12N2S. The van der Waals surface area contributed by atoms with Gasteiger partial charge in [-0.3, -0.25) is 5.10 Å². The van der Waals surface area contributed by atoms with Gasteiger partial charge in [-0.2, -0.15) is 5.10 Å². The number of H-pyrrole nitrogens is 1. The lowest BCUT2D eigenvalue weighted by Crippen LogP contribution is -1.88. The van der Waals surface area contributed by atoms with Gasteiger partial charge in [0.1, 0.15) is 4.64 Å². The Bertz CT molecular complexity index is 503. The number of benzene rings is 1. The third kappa shape index (κ3) is 2.30. The van der Waals surface area contributed by atoms with E-state index in [0.717, 1.165) is 11.3 Å². The average molecular weight is 216 g/mol. The highest BCUT2D eigenvalue weighted by Crippen LogP contribution is 2.19. The fourth-order valence-electron chi connectivity index (χ4n) is 1.63. The smallest absolute Gasteiger partial charge is 0.119 e. The van der Waals surface area contributed by atoms with Crippen molar-refractivity contribution in [2.24, 2.45) is 0 Å². The maximum Gasteiger partial charge on any atom is 0.119 e. The van der Waals surface area contributed by atoms with Gasteiger partial charge in [0, 0.05) is 5.56 Å². The van der Waals surface area contributed by atoms with Crippen molar-refractivity contribution >= 4 is 12.2 Å². The van der Waals surface area contributed by atoms with Crippen molar-refractivity contribution in [2.45, 2.75) is 13.8 Å². The Kier molecular flexibility index (Phi) is 2.64. The van der Waals surface area contributed by atoms with E-state index in [9.17, 15) is 0 Å². The minimum absolute atomic E-state index is 0.656. The van der Waals surface area contributed by atoms with Gasteiger partial charge in [0.25, 0.3) is 0 Å². The lowest BCUT2D eigenvalue weighted by Gasteiger charge is -2.03. The summed E-state index contributed by atoms with van der Waals surface area (Å²) in [6.07, 6.45) is 0. The molecule has 2 nitrogen and oxygen atoms in total. The minimum atomic E-state index is 0.656. The summed E-state index contributed by atoms with van der Waals surface area (Å²) in [6, 6.07) is 10.2. The molecule has 0 spiro atoms. The zero-order valence-corrected chi connectivity index (χ0v) is 9.56. The van der Waals surface area contributed by atoms with Crippen LogP contribution in [0, 0.1) is 18.5 Å². The summed E-state index contributed by atoms with van der Waals surface area (Å²) in [5.41, 5.74) is 4.54. The monoisotopic (exact) mass is 216 g/mol. The predicted molar refractivity (Wildman–Crippen MR) is 64.3 cm³/mol. The van der Waals surface area contributed by atoms with Crippen molar-refractivity contribution in [3.05, 3.63) is 46.1 Å². The van der Waals surface area contributed by atoms with Crippen LogP contribution in [-0.4, -0.2) is 10.2 Å². The van der Waals surface area contributed by atoms with E-state index in [0.29, 0.717) is 4.64 Å². The number of hydrogen-bond acceptors (Lipinski definition) is 2. The van der Waals surface area contributed by atoms with Crippen LogP contribution in [-0.2, 0) is 0 Å². The molecule has 0 aliphatic rings. The third-order valence-electron chi connectivity index (χ3n) is 2.20. The molecule has 0 atom stereocenters. The number of aromatic nitrogens is 2. The lowest BCUT2D eigenvalue weighted by atomic mass is 10.1. The fourth-order valence-corrected chi connectivity index (χ4v) is 1.74. The summed E-state index contributed by atoms with van der Waals surface area (Å²) < 4.78 is 0.656. The first kappa shape index (κ1) is 10.1. The number of hydrogen-bond donors (Lipinski definition) is 1. The normalized spacial score (nSPS) is 10.3. The molecule has 0 radical (unpaired) electrons. The summed E-state index contributed by atoms with van der Waals surface area (Å²) in [7, 11) is 0. The van der Waals surface area contributed by atoms with Crippen LogP contribution in [0.5, 0.6) is 0 Å². The first-order valence-electron chi connectivity index (χ1n) is 4.79. The Balaban J connectivity index is 2.53. The van der Waals surface area contributed by atoms with Gasteiger partial charge in [-0.05, 0) is 38.1 Å². The highest BCUT2D eigenvalue weighted by molar-refractivity contribution is 7.71. The Morgan fingerprint density at radius 3 is 2.27 bits per heavy atom. The van der Waals surface area contributed by atoms with Crippen molar-refractivity contribution < 1.29 is 0 Å². The molecule has 1 N–H and O–H groups in total. The Hall–Kier alpha value is -1.48. The zero-order valence-electron chi connectivity index (χ0n) is 8.74. The second kappa shape index (κ2) is 3.95. The average Bonchev–Trinajstić information content (AvgIpc) is 2.17. The van der Waals surface area contributed by atoms with Crippen molar-refractivity contribution in [1.82, 2.24) is 10.2 Å². The molecular weight excluding hydrogens is 204 g/mol. The van der Waals surface area contributed by atoms with Gasteiger partial charge in [-0.25, -0.2) is 0 Å². The van der Waals surface area contributed by atoms with E-state index in [-0.39, 0.29) is 0 Å². The molecule has 0 unspecified atom stereocenters. The summed E-state index contributed by atoms with van der Waals surface area (Å²) in [4.78, 5) is 0. The summed E-state index contributed by atoms with van der Waals surface area (Å²) in [6.45, 7) is 4.17. The molecule has 0 aliphatic carbocycles. The van der Waals surface area contributed by atoms with Crippen LogP contribution in [0.4, 0.5) is 0 Å². The summed E-state index contributed by atoms with van der Waals surface area (Å²) >= 11 is 4.96. The first-order valence-corrected chi connectivity index (χ1v) is 5.20.